The van der Waals surface area contributed by atoms with Crippen LogP contribution >= 0.6 is 39.7 Å². The molecular formula is C22H19BrClN5O2S. The molecule has 7 nitrogen and oxygen atoms in total. The van der Waals surface area contributed by atoms with Gasteiger partial charge < -0.3 is 14.9 Å². The highest BCUT2D eigenvalue weighted by atomic mass is 79.9. The maximum atomic E-state index is 6.18. The van der Waals surface area contributed by atoms with E-state index in [9.17, 15) is 0 Å². The van der Waals surface area contributed by atoms with Crippen molar-refractivity contribution >= 4 is 39.7 Å². The number of rotatable bonds is 8. The fourth-order valence-corrected chi connectivity index (χ4v) is 3.87. The number of H-pyrrole nitrogens is 1. The second-order valence-corrected chi connectivity index (χ2v) is 8.41. The minimum Gasteiger partial charge on any atom is -0.493 e. The van der Waals surface area contributed by atoms with Gasteiger partial charge in [0.1, 0.15) is 6.61 Å². The maximum Gasteiger partial charge on any atom is 0.214 e. The Bertz CT molecular complexity index is 1260. The van der Waals surface area contributed by atoms with E-state index in [4.69, 9.17) is 33.3 Å². The lowest BCUT2D eigenvalue weighted by atomic mass is 10.1. The van der Waals surface area contributed by atoms with Gasteiger partial charge in [0, 0.05) is 33.0 Å². The number of hydrogen-bond donors (Lipinski definition) is 2. The molecule has 4 aromatic rings. The minimum absolute atomic E-state index is 0.365. The van der Waals surface area contributed by atoms with Crippen LogP contribution in [0.2, 0.25) is 5.02 Å². The van der Waals surface area contributed by atoms with Crippen LogP contribution in [0.3, 0.4) is 0 Å². The highest BCUT2D eigenvalue weighted by Gasteiger charge is 2.16. The van der Waals surface area contributed by atoms with Gasteiger partial charge in [-0.25, -0.2) is 9.77 Å². The third-order valence-corrected chi connectivity index (χ3v) is 5.98. The summed E-state index contributed by atoms with van der Waals surface area (Å²) in [4.78, 5) is 4.06. The van der Waals surface area contributed by atoms with Crippen molar-refractivity contribution < 1.29 is 9.47 Å². The molecule has 0 amide bonds. The molecule has 0 unspecified atom stereocenters. The molecule has 0 saturated carbocycles. The molecule has 0 spiro atoms. The van der Waals surface area contributed by atoms with Crippen molar-refractivity contribution in [2.75, 3.05) is 12.5 Å². The number of nitrogens with one attached hydrogen (secondary N) is 2. The molecule has 0 radical (unpaired) electrons. The van der Waals surface area contributed by atoms with E-state index in [1.807, 2.05) is 48.5 Å². The zero-order valence-corrected chi connectivity index (χ0v) is 20.2. The normalized spacial score (nSPS) is 10.7. The van der Waals surface area contributed by atoms with E-state index in [-0.39, 0.29) is 0 Å². The average Bonchev–Trinajstić information content (AvgIpc) is 3.19. The van der Waals surface area contributed by atoms with Crippen molar-refractivity contribution in [3.05, 3.63) is 86.3 Å². The molecule has 164 valence electrons. The zero-order valence-electron chi connectivity index (χ0n) is 17.0. The van der Waals surface area contributed by atoms with Gasteiger partial charge in [0.25, 0.3) is 0 Å². The first-order valence-corrected chi connectivity index (χ1v) is 11.2. The number of aromatic amines is 1. The quantitative estimate of drug-likeness (QED) is 0.281. The molecular weight excluding hydrogens is 514 g/mol. The van der Waals surface area contributed by atoms with Gasteiger partial charge >= 0.3 is 0 Å². The monoisotopic (exact) mass is 531 g/mol. The predicted molar refractivity (Wildman–Crippen MR) is 130 cm³/mol. The van der Waals surface area contributed by atoms with E-state index in [1.165, 1.54) is 0 Å². The van der Waals surface area contributed by atoms with Crippen molar-refractivity contribution in [3.63, 3.8) is 0 Å². The number of pyridine rings is 1. The Hall–Kier alpha value is -2.88. The minimum atomic E-state index is 0.365. The summed E-state index contributed by atoms with van der Waals surface area (Å²) in [5, 5.41) is 7.85. The topological polar surface area (TPSA) is 77.0 Å². The first kappa shape index (κ1) is 22.3. The molecule has 10 heteroatoms. The molecule has 32 heavy (non-hydrogen) atoms. The third-order valence-electron chi connectivity index (χ3n) is 4.71. The Morgan fingerprint density at radius 3 is 2.59 bits per heavy atom. The lowest BCUT2D eigenvalue weighted by molar-refractivity contribution is 0.281. The second-order valence-electron chi connectivity index (χ2n) is 6.73. The maximum absolute atomic E-state index is 6.18. The van der Waals surface area contributed by atoms with Crippen LogP contribution in [0.15, 0.2) is 65.4 Å². The van der Waals surface area contributed by atoms with E-state index in [1.54, 1.807) is 24.2 Å². The first-order chi connectivity index (χ1) is 15.6. The summed E-state index contributed by atoms with van der Waals surface area (Å²) in [7, 11) is 1.61. The zero-order chi connectivity index (χ0) is 22.5. The number of nitrogens with zero attached hydrogens (tertiary/aromatic N) is 3. The Labute approximate surface area is 203 Å². The molecule has 0 aliphatic heterocycles. The molecule has 0 atom stereocenters. The Morgan fingerprint density at radius 2 is 1.88 bits per heavy atom. The van der Waals surface area contributed by atoms with Gasteiger partial charge in [-0.2, -0.15) is 5.10 Å². The van der Waals surface area contributed by atoms with Crippen LogP contribution in [0, 0.1) is 4.77 Å². The fourth-order valence-electron chi connectivity index (χ4n) is 3.10. The summed E-state index contributed by atoms with van der Waals surface area (Å²) in [5.41, 5.74) is 6.08. The van der Waals surface area contributed by atoms with Crippen molar-refractivity contribution in [2.45, 2.75) is 13.2 Å². The smallest absolute Gasteiger partial charge is 0.214 e. The highest BCUT2D eigenvalue weighted by Crippen LogP contribution is 2.37. The van der Waals surface area contributed by atoms with Gasteiger partial charge in [-0.05, 0) is 54.2 Å². The lowest BCUT2D eigenvalue weighted by Gasteiger charge is -2.18. The summed E-state index contributed by atoms with van der Waals surface area (Å²) in [5.74, 6) is 1.91. The predicted octanol–water partition coefficient (Wildman–Crippen LogP) is 5.75. The van der Waals surface area contributed by atoms with Crippen molar-refractivity contribution in [1.29, 1.82) is 0 Å². The third kappa shape index (κ3) is 4.95. The van der Waals surface area contributed by atoms with E-state index >= 15 is 0 Å². The van der Waals surface area contributed by atoms with Gasteiger partial charge in [-0.3, -0.25) is 4.98 Å². The Morgan fingerprint density at radius 1 is 1.12 bits per heavy atom. The molecule has 0 saturated heterocycles. The largest absolute Gasteiger partial charge is 0.493 e. The van der Waals surface area contributed by atoms with Crippen LogP contribution in [0.1, 0.15) is 11.1 Å². The molecule has 0 aliphatic carbocycles. The van der Waals surface area contributed by atoms with Crippen LogP contribution < -0.4 is 14.9 Å². The second kappa shape index (κ2) is 10.2. The Balaban J connectivity index is 1.61. The lowest BCUT2D eigenvalue weighted by Crippen LogP contribution is -2.17. The van der Waals surface area contributed by atoms with Crippen molar-refractivity contribution in [3.8, 4) is 22.9 Å². The standard InChI is InChI=1S/C22H19BrClN5O2S/c1-30-19-7-6-18(23)17(20(19)31-13-14-2-4-16(24)5-3-14)12-26-29-21(27-28-22(29)32)15-8-10-25-11-9-15/h2-11,26H,12-13H2,1H3,(H,28,32). The van der Waals surface area contributed by atoms with Crippen LogP contribution in [0.4, 0.5) is 0 Å². The number of halogens is 2. The van der Waals surface area contributed by atoms with Gasteiger partial charge in [0.15, 0.2) is 17.3 Å². The SMILES string of the molecule is COc1ccc(Br)c(CNn2c(-c3ccncc3)n[nH]c2=S)c1OCc1ccc(Cl)cc1. The number of hydrogen-bond acceptors (Lipinski definition) is 6. The average molecular weight is 533 g/mol. The van der Waals surface area contributed by atoms with Crippen LogP contribution in [0.25, 0.3) is 11.4 Å². The van der Waals surface area contributed by atoms with Gasteiger partial charge in [-0.1, -0.05) is 39.7 Å². The van der Waals surface area contributed by atoms with E-state index in [2.05, 4.69) is 36.5 Å². The van der Waals surface area contributed by atoms with Crippen molar-refractivity contribution in [2.24, 2.45) is 0 Å². The van der Waals surface area contributed by atoms with Crippen LogP contribution in [0.5, 0.6) is 11.5 Å². The van der Waals surface area contributed by atoms with E-state index in [0.29, 0.717) is 40.3 Å². The van der Waals surface area contributed by atoms with Crippen LogP contribution in [-0.4, -0.2) is 27.0 Å². The summed E-state index contributed by atoms with van der Waals surface area (Å²) >= 11 is 15.0. The summed E-state index contributed by atoms with van der Waals surface area (Å²) in [6.45, 7) is 0.768. The highest BCUT2D eigenvalue weighted by molar-refractivity contribution is 9.10. The summed E-state index contributed by atoms with van der Waals surface area (Å²) in [6.07, 6.45) is 3.41. The number of aromatic nitrogens is 4. The molecule has 0 fully saturated rings. The number of benzene rings is 2. The first-order valence-electron chi connectivity index (χ1n) is 9.61. The molecule has 2 aromatic carbocycles. The summed E-state index contributed by atoms with van der Waals surface area (Å²) < 4.78 is 14.8. The molecule has 4 rings (SSSR count). The fraction of sp³-hybridized carbons (Fsp3) is 0.136. The van der Waals surface area contributed by atoms with E-state index in [0.717, 1.165) is 21.2 Å². The van der Waals surface area contributed by atoms with Gasteiger partial charge in [-0.15, -0.1) is 0 Å². The molecule has 2 N–H and O–H groups in total. The Kier molecular flexibility index (Phi) is 7.09. The molecule has 2 heterocycles. The van der Waals surface area contributed by atoms with E-state index < -0.39 is 0 Å². The van der Waals surface area contributed by atoms with Gasteiger partial charge in [0.2, 0.25) is 4.77 Å². The molecule has 2 aromatic heterocycles. The van der Waals surface area contributed by atoms with Crippen molar-refractivity contribution in [1.82, 2.24) is 19.9 Å². The summed E-state index contributed by atoms with van der Waals surface area (Å²) in [6, 6.07) is 15.0. The molecule has 0 aliphatic rings. The van der Waals surface area contributed by atoms with Crippen LogP contribution in [-0.2, 0) is 13.2 Å². The number of ether oxygens (including phenoxy) is 2. The van der Waals surface area contributed by atoms with Gasteiger partial charge in [0.05, 0.1) is 13.7 Å². The molecule has 0 bridgehead atoms. The number of methoxy groups -OCH3 is 1.